The first-order valence-corrected chi connectivity index (χ1v) is 12.3. The van der Waals surface area contributed by atoms with Crippen molar-refractivity contribution in [3.05, 3.63) is 59.6 Å². The Morgan fingerprint density at radius 2 is 1.94 bits per heavy atom. The third-order valence-corrected chi connectivity index (χ3v) is 6.99. The van der Waals surface area contributed by atoms with E-state index in [9.17, 15) is 13.2 Å². The van der Waals surface area contributed by atoms with Crippen molar-refractivity contribution in [1.29, 1.82) is 0 Å². The molecule has 9 heteroatoms. The molecule has 0 radical (unpaired) electrons. The molecule has 160 valence electrons. The molecule has 0 aliphatic heterocycles. The van der Waals surface area contributed by atoms with Gasteiger partial charge >= 0.3 is 0 Å². The number of nitrogens with one attached hydrogen (secondary N) is 1. The fourth-order valence-electron chi connectivity index (χ4n) is 3.05. The third-order valence-electron chi connectivity index (χ3n) is 4.95. The minimum absolute atomic E-state index is 0.192. The van der Waals surface area contributed by atoms with Crippen LogP contribution < -0.4 is 5.32 Å². The Hall–Kier alpha value is -3.04. The van der Waals surface area contributed by atoms with Crippen LogP contribution in [0.5, 0.6) is 0 Å². The van der Waals surface area contributed by atoms with Crippen molar-refractivity contribution in [2.45, 2.75) is 31.6 Å². The summed E-state index contributed by atoms with van der Waals surface area (Å²) in [5.74, 6) is 0.949. The second-order valence-electron chi connectivity index (χ2n) is 7.39. The number of sulfone groups is 1. The van der Waals surface area contributed by atoms with Gasteiger partial charge in [-0.2, -0.15) is 0 Å². The highest BCUT2D eigenvalue weighted by molar-refractivity contribution is 7.90. The fraction of sp³-hybridized carbons (Fsp3) is 0.227. The maximum atomic E-state index is 12.3. The summed E-state index contributed by atoms with van der Waals surface area (Å²) in [5.41, 5.74) is 3.98. The van der Waals surface area contributed by atoms with Crippen LogP contribution in [-0.4, -0.2) is 30.5 Å². The van der Waals surface area contributed by atoms with Gasteiger partial charge in [-0.1, -0.05) is 23.5 Å². The number of fused-ring (bicyclic) bond motifs is 1. The van der Waals surface area contributed by atoms with Crippen molar-refractivity contribution < 1.29 is 17.6 Å². The molecule has 0 spiro atoms. The Morgan fingerprint density at radius 1 is 1.13 bits per heavy atom. The third kappa shape index (κ3) is 4.83. The number of aryl methyl sites for hydroxylation is 3. The summed E-state index contributed by atoms with van der Waals surface area (Å²) in [6, 6.07) is 10.8. The zero-order chi connectivity index (χ0) is 22.2. The predicted molar refractivity (Wildman–Crippen MR) is 121 cm³/mol. The van der Waals surface area contributed by atoms with Gasteiger partial charge in [0.15, 0.2) is 26.6 Å². The highest BCUT2D eigenvalue weighted by Crippen LogP contribution is 2.28. The SMILES string of the molecule is Cc1ccc(-c2cnc(CCC(=O)Nc3nc4ccc(S(C)(=O)=O)cc4s3)o2)cc1C. The van der Waals surface area contributed by atoms with Gasteiger partial charge in [0.25, 0.3) is 0 Å². The minimum atomic E-state index is -3.30. The number of amides is 1. The highest BCUT2D eigenvalue weighted by atomic mass is 32.2. The van der Waals surface area contributed by atoms with Crippen molar-refractivity contribution in [1.82, 2.24) is 9.97 Å². The van der Waals surface area contributed by atoms with E-state index in [1.54, 1.807) is 18.3 Å². The van der Waals surface area contributed by atoms with Crippen LogP contribution in [0.2, 0.25) is 0 Å². The molecule has 2 aromatic heterocycles. The molecule has 7 nitrogen and oxygen atoms in total. The van der Waals surface area contributed by atoms with E-state index >= 15 is 0 Å². The Bertz CT molecular complexity index is 1390. The van der Waals surface area contributed by atoms with Gasteiger partial charge in [0, 0.05) is 24.7 Å². The Labute approximate surface area is 184 Å². The van der Waals surface area contributed by atoms with Gasteiger partial charge in [-0.15, -0.1) is 0 Å². The van der Waals surface area contributed by atoms with Crippen molar-refractivity contribution >= 4 is 42.4 Å². The van der Waals surface area contributed by atoms with Crippen LogP contribution in [0.3, 0.4) is 0 Å². The van der Waals surface area contributed by atoms with Gasteiger partial charge in [0.05, 0.1) is 21.3 Å². The molecule has 1 amide bonds. The Morgan fingerprint density at radius 3 is 2.68 bits per heavy atom. The summed E-state index contributed by atoms with van der Waals surface area (Å²) in [4.78, 5) is 21.2. The van der Waals surface area contributed by atoms with E-state index in [0.717, 1.165) is 11.8 Å². The zero-order valence-electron chi connectivity index (χ0n) is 17.3. The van der Waals surface area contributed by atoms with Gasteiger partial charge in [0.2, 0.25) is 5.91 Å². The van der Waals surface area contributed by atoms with Crippen LogP contribution >= 0.6 is 11.3 Å². The van der Waals surface area contributed by atoms with E-state index in [1.165, 1.54) is 28.5 Å². The van der Waals surface area contributed by atoms with Crippen molar-refractivity contribution in [2.24, 2.45) is 0 Å². The van der Waals surface area contributed by atoms with Crippen LogP contribution in [0.1, 0.15) is 23.4 Å². The van der Waals surface area contributed by atoms with E-state index < -0.39 is 9.84 Å². The van der Waals surface area contributed by atoms with Crippen molar-refractivity contribution in [3.63, 3.8) is 0 Å². The first-order chi connectivity index (χ1) is 14.7. The number of nitrogens with zero attached hydrogens (tertiary/aromatic N) is 2. The maximum absolute atomic E-state index is 12.3. The van der Waals surface area contributed by atoms with Crippen LogP contribution in [-0.2, 0) is 21.1 Å². The molecule has 2 heterocycles. The molecular formula is C22H21N3O4S2. The van der Waals surface area contributed by atoms with E-state index in [4.69, 9.17) is 4.42 Å². The topological polar surface area (TPSA) is 102 Å². The standard InChI is InChI=1S/C22H21N3O4S2/c1-13-4-5-15(10-14(13)2)18-12-23-21(29-18)9-8-20(26)25-22-24-17-7-6-16(31(3,27)28)11-19(17)30-22/h4-7,10-12H,8-9H2,1-3H3,(H,24,25,26). The summed E-state index contributed by atoms with van der Waals surface area (Å²) >= 11 is 1.23. The first kappa shape index (κ1) is 21.2. The lowest BCUT2D eigenvalue weighted by Gasteiger charge is -2.02. The number of carbonyl (C=O) groups is 1. The van der Waals surface area contributed by atoms with Gasteiger partial charge in [-0.25, -0.2) is 18.4 Å². The second-order valence-corrected chi connectivity index (χ2v) is 10.4. The van der Waals surface area contributed by atoms with E-state index in [-0.39, 0.29) is 17.2 Å². The number of oxazole rings is 1. The van der Waals surface area contributed by atoms with E-state index in [0.29, 0.717) is 33.4 Å². The molecule has 4 rings (SSSR count). The van der Waals surface area contributed by atoms with Gasteiger partial charge < -0.3 is 9.73 Å². The molecule has 31 heavy (non-hydrogen) atoms. The van der Waals surface area contributed by atoms with Crippen LogP contribution in [0.25, 0.3) is 21.5 Å². The normalized spacial score (nSPS) is 11.7. The summed E-state index contributed by atoms with van der Waals surface area (Å²) in [5, 5.41) is 3.19. The van der Waals surface area contributed by atoms with Crippen LogP contribution in [0, 0.1) is 13.8 Å². The molecule has 0 aliphatic carbocycles. The number of rotatable bonds is 6. The number of carbonyl (C=O) groups excluding carboxylic acids is 1. The first-order valence-electron chi connectivity index (χ1n) is 9.62. The zero-order valence-corrected chi connectivity index (χ0v) is 18.9. The van der Waals surface area contributed by atoms with Gasteiger partial charge in [-0.05, 0) is 49.2 Å². The minimum Gasteiger partial charge on any atom is -0.441 e. The lowest BCUT2D eigenvalue weighted by molar-refractivity contribution is -0.116. The molecule has 0 unspecified atom stereocenters. The number of hydrogen-bond acceptors (Lipinski definition) is 7. The smallest absolute Gasteiger partial charge is 0.226 e. The summed E-state index contributed by atoms with van der Waals surface area (Å²) < 4.78 is 29.9. The molecule has 0 saturated heterocycles. The molecule has 0 saturated carbocycles. The van der Waals surface area contributed by atoms with Crippen LogP contribution in [0.15, 0.2) is 51.9 Å². The van der Waals surface area contributed by atoms with E-state index in [1.807, 2.05) is 19.1 Å². The summed E-state index contributed by atoms with van der Waals surface area (Å²) in [6.45, 7) is 4.10. The number of benzene rings is 2. The maximum Gasteiger partial charge on any atom is 0.226 e. The van der Waals surface area contributed by atoms with Gasteiger partial charge in [0.1, 0.15) is 0 Å². The molecule has 2 aromatic carbocycles. The monoisotopic (exact) mass is 455 g/mol. The average Bonchev–Trinajstić information content (AvgIpc) is 3.33. The number of anilines is 1. The molecule has 0 bridgehead atoms. The molecule has 0 aliphatic rings. The second kappa shape index (κ2) is 8.24. The predicted octanol–water partition coefficient (Wildman–Crippen LogP) is 4.54. The highest BCUT2D eigenvalue weighted by Gasteiger charge is 2.14. The van der Waals surface area contributed by atoms with Crippen molar-refractivity contribution in [3.8, 4) is 11.3 Å². The molecular weight excluding hydrogens is 434 g/mol. The van der Waals surface area contributed by atoms with E-state index in [2.05, 4.69) is 28.3 Å². The molecule has 4 aromatic rings. The fourth-order valence-corrected chi connectivity index (χ4v) is 4.69. The van der Waals surface area contributed by atoms with Gasteiger partial charge in [-0.3, -0.25) is 4.79 Å². The summed E-state index contributed by atoms with van der Waals surface area (Å²) in [7, 11) is -3.30. The largest absolute Gasteiger partial charge is 0.441 e. The Balaban J connectivity index is 1.39. The quantitative estimate of drug-likeness (QED) is 0.458. The number of thiazole rings is 1. The summed E-state index contributed by atoms with van der Waals surface area (Å²) in [6.07, 6.45) is 3.38. The lowest BCUT2D eigenvalue weighted by Crippen LogP contribution is -2.12. The molecule has 0 fully saturated rings. The molecule has 0 atom stereocenters. The Kier molecular flexibility index (Phi) is 5.63. The lowest BCUT2D eigenvalue weighted by atomic mass is 10.1. The molecule has 1 N–H and O–H groups in total. The number of aromatic nitrogens is 2. The van der Waals surface area contributed by atoms with Crippen LogP contribution in [0.4, 0.5) is 5.13 Å². The number of hydrogen-bond donors (Lipinski definition) is 1. The average molecular weight is 456 g/mol. The van der Waals surface area contributed by atoms with Crippen molar-refractivity contribution in [2.75, 3.05) is 11.6 Å².